The Morgan fingerprint density at radius 3 is 2.81 bits per heavy atom. The molecule has 31 heavy (non-hydrogen) atoms. The molecule has 3 heterocycles. The molecule has 0 spiro atoms. The highest BCUT2D eigenvalue weighted by atomic mass is 16.5. The number of fused-ring (bicyclic) bond motifs is 3. The molecule has 1 fully saturated rings. The summed E-state index contributed by atoms with van der Waals surface area (Å²) >= 11 is 0. The van der Waals surface area contributed by atoms with Gasteiger partial charge in [-0.2, -0.15) is 0 Å². The van der Waals surface area contributed by atoms with E-state index in [1.54, 1.807) is 6.07 Å². The van der Waals surface area contributed by atoms with Gasteiger partial charge in [0.15, 0.2) is 0 Å². The van der Waals surface area contributed by atoms with Gasteiger partial charge in [0, 0.05) is 11.9 Å². The van der Waals surface area contributed by atoms with E-state index in [0.717, 1.165) is 29.5 Å². The molecule has 0 N–H and O–H groups in total. The first-order valence-corrected chi connectivity index (χ1v) is 10.5. The highest BCUT2D eigenvalue weighted by molar-refractivity contribution is 6.01. The summed E-state index contributed by atoms with van der Waals surface area (Å²) in [5, 5.41) is 0.795. The lowest BCUT2D eigenvalue weighted by Crippen LogP contribution is -2.36. The monoisotopic (exact) mass is 417 g/mol. The Kier molecular flexibility index (Phi) is 4.94. The third-order valence-corrected chi connectivity index (χ3v) is 5.81. The molecular formula is C24H23N3O4. The fourth-order valence-corrected chi connectivity index (χ4v) is 4.33. The summed E-state index contributed by atoms with van der Waals surface area (Å²) in [6, 6.07) is 15.3. The lowest BCUT2D eigenvalue weighted by atomic mass is 10.0. The van der Waals surface area contributed by atoms with Gasteiger partial charge in [-0.05, 0) is 49.6 Å². The van der Waals surface area contributed by atoms with Gasteiger partial charge in [0.05, 0.1) is 19.0 Å². The van der Waals surface area contributed by atoms with Crippen LogP contribution in [0.1, 0.15) is 31.4 Å². The average molecular weight is 417 g/mol. The molecule has 1 unspecified atom stereocenters. The number of amides is 1. The molecule has 0 saturated carbocycles. The number of likely N-dealkylation sites (tertiary alicyclic amines) is 1. The number of hydrogen-bond donors (Lipinski definition) is 0. The van der Waals surface area contributed by atoms with E-state index >= 15 is 0 Å². The Hall–Kier alpha value is -3.61. The van der Waals surface area contributed by atoms with Crippen LogP contribution in [0.4, 0.5) is 0 Å². The predicted molar refractivity (Wildman–Crippen MR) is 117 cm³/mol. The van der Waals surface area contributed by atoms with E-state index in [1.165, 1.54) is 10.9 Å². The number of furan rings is 1. The number of ether oxygens (including phenoxy) is 1. The van der Waals surface area contributed by atoms with Gasteiger partial charge in [-0.25, -0.2) is 4.98 Å². The number of benzene rings is 2. The van der Waals surface area contributed by atoms with Crippen molar-refractivity contribution in [2.45, 2.75) is 32.4 Å². The van der Waals surface area contributed by atoms with E-state index in [-0.39, 0.29) is 29.6 Å². The van der Waals surface area contributed by atoms with Gasteiger partial charge in [-0.3, -0.25) is 14.2 Å². The second-order valence-electron chi connectivity index (χ2n) is 7.70. The van der Waals surface area contributed by atoms with Crippen LogP contribution < -0.4 is 10.3 Å². The van der Waals surface area contributed by atoms with Gasteiger partial charge in [-0.1, -0.05) is 24.3 Å². The van der Waals surface area contributed by atoms with Crippen LogP contribution in [-0.4, -0.2) is 33.5 Å². The zero-order valence-corrected chi connectivity index (χ0v) is 17.3. The van der Waals surface area contributed by atoms with Crippen molar-refractivity contribution in [3.63, 3.8) is 0 Å². The van der Waals surface area contributed by atoms with Crippen molar-refractivity contribution in [2.75, 3.05) is 13.2 Å². The summed E-state index contributed by atoms with van der Waals surface area (Å²) in [6.07, 6.45) is 3.27. The molecule has 2 aromatic carbocycles. The molecule has 158 valence electrons. The second-order valence-corrected chi connectivity index (χ2v) is 7.70. The summed E-state index contributed by atoms with van der Waals surface area (Å²) < 4.78 is 12.6. The van der Waals surface area contributed by atoms with Crippen LogP contribution in [0, 0.1) is 0 Å². The largest absolute Gasteiger partial charge is 0.494 e. The first-order chi connectivity index (χ1) is 15.2. The van der Waals surface area contributed by atoms with E-state index in [9.17, 15) is 9.59 Å². The molecule has 1 saturated heterocycles. The Morgan fingerprint density at radius 1 is 1.19 bits per heavy atom. The van der Waals surface area contributed by atoms with E-state index < -0.39 is 0 Å². The molecule has 2 aromatic heterocycles. The number of aromatic nitrogens is 2. The zero-order valence-electron chi connectivity index (χ0n) is 17.3. The van der Waals surface area contributed by atoms with Crippen molar-refractivity contribution in [3.05, 3.63) is 70.8 Å². The summed E-state index contributed by atoms with van der Waals surface area (Å²) in [7, 11) is 0. The van der Waals surface area contributed by atoms with Crippen molar-refractivity contribution in [1.82, 2.24) is 14.5 Å². The molecule has 7 nitrogen and oxygen atoms in total. The molecule has 0 bridgehead atoms. The van der Waals surface area contributed by atoms with Gasteiger partial charge >= 0.3 is 0 Å². The van der Waals surface area contributed by atoms with Crippen molar-refractivity contribution < 1.29 is 13.9 Å². The maximum Gasteiger partial charge on any atom is 0.297 e. The van der Waals surface area contributed by atoms with Crippen molar-refractivity contribution in [1.29, 1.82) is 0 Å². The van der Waals surface area contributed by atoms with E-state index in [1.807, 2.05) is 54.3 Å². The standard InChI is InChI=1S/C24H23N3O4/c1-2-30-17-11-9-16(10-12-17)19-7-5-13-27(19)21(28)14-26-15-25-22-18-6-3-4-8-20(18)31-23(22)24(26)29/h3-4,6,8-12,15,19H,2,5,7,13-14H2,1H3. The molecule has 1 aliphatic heterocycles. The molecule has 4 aromatic rings. The molecule has 0 aliphatic carbocycles. The fourth-order valence-electron chi connectivity index (χ4n) is 4.33. The number of rotatable bonds is 5. The maximum absolute atomic E-state index is 13.1. The van der Waals surface area contributed by atoms with Gasteiger partial charge in [0.2, 0.25) is 11.5 Å². The molecule has 0 radical (unpaired) electrons. The quantitative estimate of drug-likeness (QED) is 0.492. The average Bonchev–Trinajstić information content (AvgIpc) is 3.42. The van der Waals surface area contributed by atoms with Crippen LogP contribution >= 0.6 is 0 Å². The highest BCUT2D eigenvalue weighted by Crippen LogP contribution is 2.33. The zero-order chi connectivity index (χ0) is 21.4. The first kappa shape index (κ1) is 19.4. The Bertz CT molecular complexity index is 1310. The normalized spacial score (nSPS) is 16.3. The SMILES string of the molecule is CCOc1ccc(C2CCCN2C(=O)Cn2cnc3c(oc4ccccc43)c2=O)cc1. The molecule has 1 aliphatic rings. The highest BCUT2D eigenvalue weighted by Gasteiger charge is 2.30. The van der Waals surface area contributed by atoms with Gasteiger partial charge in [0.25, 0.3) is 5.56 Å². The van der Waals surface area contributed by atoms with Crippen LogP contribution in [-0.2, 0) is 11.3 Å². The van der Waals surface area contributed by atoms with E-state index in [4.69, 9.17) is 9.15 Å². The molecular weight excluding hydrogens is 394 g/mol. The van der Waals surface area contributed by atoms with Gasteiger partial charge in [-0.15, -0.1) is 0 Å². The van der Waals surface area contributed by atoms with Gasteiger partial charge in [0.1, 0.15) is 23.4 Å². The minimum Gasteiger partial charge on any atom is -0.494 e. The summed E-state index contributed by atoms with van der Waals surface area (Å²) in [5.74, 6) is 0.717. The third kappa shape index (κ3) is 3.46. The Morgan fingerprint density at radius 2 is 2.00 bits per heavy atom. The molecule has 1 atom stereocenters. The summed E-state index contributed by atoms with van der Waals surface area (Å²) in [4.78, 5) is 32.3. The van der Waals surface area contributed by atoms with Crippen molar-refractivity contribution in [2.24, 2.45) is 0 Å². The minimum atomic E-state index is -0.341. The Labute approximate surface area is 178 Å². The number of carbonyl (C=O) groups excluding carboxylic acids is 1. The summed E-state index contributed by atoms with van der Waals surface area (Å²) in [5.41, 5.74) is 2.05. The number of carbonyl (C=O) groups is 1. The van der Waals surface area contributed by atoms with Gasteiger partial charge < -0.3 is 14.1 Å². The van der Waals surface area contributed by atoms with Crippen molar-refractivity contribution >= 4 is 28.0 Å². The topological polar surface area (TPSA) is 77.6 Å². The van der Waals surface area contributed by atoms with Crippen LogP contribution in [0.2, 0.25) is 0 Å². The number of hydrogen-bond acceptors (Lipinski definition) is 5. The number of para-hydroxylation sites is 1. The van der Waals surface area contributed by atoms with Crippen LogP contribution in [0.15, 0.2) is 64.1 Å². The smallest absolute Gasteiger partial charge is 0.297 e. The molecule has 7 heteroatoms. The lowest BCUT2D eigenvalue weighted by Gasteiger charge is -2.25. The third-order valence-electron chi connectivity index (χ3n) is 5.81. The second kappa shape index (κ2) is 7.91. The first-order valence-electron chi connectivity index (χ1n) is 10.5. The van der Waals surface area contributed by atoms with E-state index in [2.05, 4.69) is 4.98 Å². The fraction of sp³-hybridized carbons (Fsp3) is 0.292. The maximum atomic E-state index is 13.1. The summed E-state index contributed by atoms with van der Waals surface area (Å²) in [6.45, 7) is 3.18. The molecule has 1 amide bonds. The Balaban J connectivity index is 1.40. The number of nitrogens with zero attached hydrogens (tertiary/aromatic N) is 3. The van der Waals surface area contributed by atoms with E-state index in [0.29, 0.717) is 24.3 Å². The van der Waals surface area contributed by atoms with Crippen LogP contribution in [0.3, 0.4) is 0 Å². The van der Waals surface area contributed by atoms with Crippen LogP contribution in [0.25, 0.3) is 22.1 Å². The lowest BCUT2D eigenvalue weighted by molar-refractivity contribution is -0.132. The van der Waals surface area contributed by atoms with Crippen LogP contribution in [0.5, 0.6) is 5.75 Å². The van der Waals surface area contributed by atoms with Crippen molar-refractivity contribution in [3.8, 4) is 5.75 Å². The molecule has 5 rings (SSSR count). The minimum absolute atomic E-state index is 0.00164. The predicted octanol–water partition coefficient (Wildman–Crippen LogP) is 3.91.